The molecule has 6 heteroatoms. The molecule has 0 bridgehead atoms. The second-order valence-corrected chi connectivity index (χ2v) is 6.40. The Bertz CT molecular complexity index is 1110. The van der Waals surface area contributed by atoms with Crippen LogP contribution in [0.4, 0.5) is 10.2 Å². The van der Waals surface area contributed by atoms with Crippen LogP contribution in [0.15, 0.2) is 72.8 Å². The first kappa shape index (κ1) is 17.7. The predicted octanol–water partition coefficient (Wildman–Crippen LogP) is 4.78. The van der Waals surface area contributed by atoms with Crippen molar-refractivity contribution in [1.29, 1.82) is 0 Å². The monoisotopic (exact) mass is 375 g/mol. The lowest BCUT2D eigenvalue weighted by Gasteiger charge is -2.13. The summed E-state index contributed by atoms with van der Waals surface area (Å²) in [6.45, 7) is 1.68. The molecule has 0 spiro atoms. The van der Waals surface area contributed by atoms with Gasteiger partial charge in [0.2, 0.25) is 0 Å². The van der Waals surface area contributed by atoms with E-state index in [1.807, 2.05) is 36.4 Å². The van der Waals surface area contributed by atoms with Gasteiger partial charge in [-0.3, -0.25) is 9.89 Å². The van der Waals surface area contributed by atoms with Gasteiger partial charge in [-0.1, -0.05) is 36.4 Å². The number of hydrogen-bond donors (Lipinski definition) is 2. The van der Waals surface area contributed by atoms with Crippen LogP contribution in [0.1, 0.15) is 6.92 Å². The molecule has 1 heterocycles. The van der Waals surface area contributed by atoms with Crippen LogP contribution in [0, 0.1) is 5.82 Å². The Labute approximate surface area is 161 Å². The molecule has 28 heavy (non-hydrogen) atoms. The van der Waals surface area contributed by atoms with Gasteiger partial charge < -0.3 is 10.1 Å². The van der Waals surface area contributed by atoms with Gasteiger partial charge in [-0.05, 0) is 54.4 Å². The van der Waals surface area contributed by atoms with Crippen molar-refractivity contribution >= 4 is 22.6 Å². The van der Waals surface area contributed by atoms with Gasteiger partial charge in [0.05, 0.1) is 5.52 Å². The maximum absolute atomic E-state index is 13.1. The van der Waals surface area contributed by atoms with Crippen molar-refractivity contribution in [3.8, 4) is 16.9 Å². The largest absolute Gasteiger partial charge is 0.481 e. The first-order chi connectivity index (χ1) is 13.6. The zero-order valence-corrected chi connectivity index (χ0v) is 15.1. The second kappa shape index (κ2) is 7.52. The number of ether oxygens (including phenoxy) is 1. The predicted molar refractivity (Wildman–Crippen MR) is 107 cm³/mol. The average molecular weight is 375 g/mol. The number of anilines is 1. The van der Waals surface area contributed by atoms with Crippen LogP contribution in [-0.2, 0) is 4.79 Å². The molecule has 0 saturated heterocycles. The number of H-pyrrole nitrogens is 1. The van der Waals surface area contributed by atoms with Gasteiger partial charge in [0, 0.05) is 5.39 Å². The SMILES string of the molecule is CC(Oc1ccccc1)C(=O)Nc1n[nH]c2cc(-c3ccc(F)cc3)ccc12. The fraction of sp³-hybridized carbons (Fsp3) is 0.0909. The Morgan fingerprint density at radius 2 is 1.75 bits per heavy atom. The van der Waals surface area contributed by atoms with Gasteiger partial charge in [0.25, 0.3) is 5.91 Å². The summed E-state index contributed by atoms with van der Waals surface area (Å²) >= 11 is 0. The molecule has 1 amide bonds. The number of carbonyl (C=O) groups excluding carboxylic acids is 1. The standard InChI is InChI=1S/C22H18FN3O2/c1-14(28-18-5-3-2-4-6-18)22(27)24-21-19-12-9-16(13-20(19)25-26-21)15-7-10-17(23)11-8-15/h2-14H,1H3,(H2,24,25,26,27). The maximum atomic E-state index is 13.1. The van der Waals surface area contributed by atoms with Gasteiger partial charge in [-0.2, -0.15) is 5.10 Å². The molecule has 0 fully saturated rings. The number of rotatable bonds is 5. The zero-order chi connectivity index (χ0) is 19.5. The summed E-state index contributed by atoms with van der Waals surface area (Å²) in [5.41, 5.74) is 2.59. The number of fused-ring (bicyclic) bond motifs is 1. The number of nitrogens with zero attached hydrogens (tertiary/aromatic N) is 1. The van der Waals surface area contributed by atoms with Crippen molar-refractivity contribution in [1.82, 2.24) is 10.2 Å². The highest BCUT2D eigenvalue weighted by molar-refractivity contribution is 6.02. The van der Waals surface area contributed by atoms with Gasteiger partial charge in [0.15, 0.2) is 11.9 Å². The maximum Gasteiger partial charge on any atom is 0.266 e. The third kappa shape index (κ3) is 3.71. The Kier molecular flexibility index (Phi) is 4.76. The van der Waals surface area contributed by atoms with E-state index in [2.05, 4.69) is 15.5 Å². The van der Waals surface area contributed by atoms with Gasteiger partial charge >= 0.3 is 0 Å². The molecule has 1 aromatic heterocycles. The molecule has 3 aromatic carbocycles. The smallest absolute Gasteiger partial charge is 0.266 e. The number of nitrogens with one attached hydrogen (secondary N) is 2. The summed E-state index contributed by atoms with van der Waals surface area (Å²) in [5.74, 6) is 0.498. The number of aromatic amines is 1. The van der Waals surface area contributed by atoms with E-state index in [0.29, 0.717) is 11.6 Å². The summed E-state index contributed by atoms with van der Waals surface area (Å²) in [6.07, 6.45) is -0.673. The Hall–Kier alpha value is -3.67. The average Bonchev–Trinajstić information content (AvgIpc) is 3.11. The first-order valence-electron chi connectivity index (χ1n) is 8.87. The van der Waals surface area contributed by atoms with Gasteiger partial charge in [-0.25, -0.2) is 4.39 Å². The molecule has 140 valence electrons. The molecule has 1 atom stereocenters. The normalized spacial score (nSPS) is 11.9. The molecule has 2 N–H and O–H groups in total. The van der Waals surface area contributed by atoms with E-state index in [-0.39, 0.29) is 11.7 Å². The lowest BCUT2D eigenvalue weighted by molar-refractivity contribution is -0.122. The topological polar surface area (TPSA) is 67.0 Å². The number of carbonyl (C=O) groups is 1. The Balaban J connectivity index is 1.51. The summed E-state index contributed by atoms with van der Waals surface area (Å²) in [4.78, 5) is 12.5. The van der Waals surface area contributed by atoms with Crippen molar-refractivity contribution in [2.24, 2.45) is 0 Å². The number of halogens is 1. The molecular formula is C22H18FN3O2. The van der Waals surface area contributed by atoms with Crippen LogP contribution in [0.5, 0.6) is 5.75 Å². The second-order valence-electron chi connectivity index (χ2n) is 6.40. The van der Waals surface area contributed by atoms with Crippen LogP contribution in [-0.4, -0.2) is 22.2 Å². The molecule has 5 nitrogen and oxygen atoms in total. The van der Waals surface area contributed by atoms with Crippen LogP contribution in [0.3, 0.4) is 0 Å². The molecule has 1 unspecified atom stereocenters. The van der Waals surface area contributed by atoms with E-state index < -0.39 is 6.10 Å². The minimum absolute atomic E-state index is 0.275. The number of para-hydroxylation sites is 1. The van der Waals surface area contributed by atoms with Gasteiger partial charge in [-0.15, -0.1) is 0 Å². The fourth-order valence-corrected chi connectivity index (χ4v) is 2.91. The molecular weight excluding hydrogens is 357 g/mol. The summed E-state index contributed by atoms with van der Waals surface area (Å²) < 4.78 is 18.8. The Morgan fingerprint density at radius 3 is 2.50 bits per heavy atom. The van der Waals surface area contributed by atoms with Crippen molar-refractivity contribution in [2.75, 3.05) is 5.32 Å². The molecule has 0 radical (unpaired) electrons. The molecule has 4 aromatic rings. The molecule has 0 aliphatic heterocycles. The number of amides is 1. The Morgan fingerprint density at radius 1 is 1.04 bits per heavy atom. The van der Waals surface area contributed by atoms with E-state index >= 15 is 0 Å². The lowest BCUT2D eigenvalue weighted by atomic mass is 10.0. The quantitative estimate of drug-likeness (QED) is 0.528. The van der Waals surface area contributed by atoms with Crippen LogP contribution >= 0.6 is 0 Å². The zero-order valence-electron chi connectivity index (χ0n) is 15.1. The first-order valence-corrected chi connectivity index (χ1v) is 8.87. The summed E-state index contributed by atoms with van der Waals surface area (Å²) in [7, 11) is 0. The summed E-state index contributed by atoms with van der Waals surface area (Å²) in [5, 5.41) is 10.7. The highest BCUT2D eigenvalue weighted by atomic mass is 19.1. The van der Waals surface area contributed by atoms with Crippen LogP contribution in [0.25, 0.3) is 22.0 Å². The molecule has 0 aliphatic rings. The highest BCUT2D eigenvalue weighted by Gasteiger charge is 2.17. The van der Waals surface area contributed by atoms with E-state index in [9.17, 15) is 9.18 Å². The van der Waals surface area contributed by atoms with E-state index in [1.54, 1.807) is 31.2 Å². The molecule has 4 rings (SSSR count). The summed E-state index contributed by atoms with van der Waals surface area (Å²) in [6, 6.07) is 21.1. The molecule has 0 aliphatic carbocycles. The van der Waals surface area contributed by atoms with E-state index in [0.717, 1.165) is 22.0 Å². The minimum Gasteiger partial charge on any atom is -0.481 e. The lowest BCUT2D eigenvalue weighted by Crippen LogP contribution is -2.30. The van der Waals surface area contributed by atoms with Crippen molar-refractivity contribution in [2.45, 2.75) is 13.0 Å². The number of benzene rings is 3. The third-order valence-electron chi connectivity index (χ3n) is 4.41. The van der Waals surface area contributed by atoms with Crippen molar-refractivity contribution in [3.63, 3.8) is 0 Å². The fourth-order valence-electron chi connectivity index (χ4n) is 2.91. The van der Waals surface area contributed by atoms with Crippen molar-refractivity contribution in [3.05, 3.63) is 78.6 Å². The highest BCUT2D eigenvalue weighted by Crippen LogP contribution is 2.27. The van der Waals surface area contributed by atoms with Crippen LogP contribution < -0.4 is 10.1 Å². The number of hydrogen-bond acceptors (Lipinski definition) is 3. The number of aromatic nitrogens is 2. The van der Waals surface area contributed by atoms with Gasteiger partial charge in [0.1, 0.15) is 11.6 Å². The van der Waals surface area contributed by atoms with E-state index in [4.69, 9.17) is 4.74 Å². The molecule has 0 saturated carbocycles. The van der Waals surface area contributed by atoms with E-state index in [1.165, 1.54) is 12.1 Å². The van der Waals surface area contributed by atoms with Crippen molar-refractivity contribution < 1.29 is 13.9 Å². The third-order valence-corrected chi connectivity index (χ3v) is 4.41. The van der Waals surface area contributed by atoms with Crippen LogP contribution in [0.2, 0.25) is 0 Å². The minimum atomic E-state index is -0.673.